The Bertz CT molecular complexity index is 527. The van der Waals surface area contributed by atoms with Gasteiger partial charge in [-0.1, -0.05) is 12.2 Å². The Morgan fingerprint density at radius 2 is 2.21 bits per heavy atom. The van der Waals surface area contributed by atoms with E-state index >= 15 is 0 Å². The summed E-state index contributed by atoms with van der Waals surface area (Å²) in [7, 11) is 0. The van der Waals surface area contributed by atoms with E-state index in [2.05, 4.69) is 10.3 Å². The molecule has 0 bridgehead atoms. The monoisotopic (exact) mass is 265 g/mol. The van der Waals surface area contributed by atoms with E-state index in [9.17, 15) is 9.59 Å². The van der Waals surface area contributed by atoms with Gasteiger partial charge in [0, 0.05) is 12.7 Å². The average molecular weight is 265 g/mol. The van der Waals surface area contributed by atoms with Gasteiger partial charge in [-0.3, -0.25) is 4.79 Å². The quantitative estimate of drug-likeness (QED) is 0.771. The predicted octanol–water partition coefficient (Wildman–Crippen LogP) is 1.49. The van der Waals surface area contributed by atoms with Crippen LogP contribution in [0.25, 0.3) is 6.08 Å². The number of hydrogen-bond acceptors (Lipinski definition) is 4. The van der Waals surface area contributed by atoms with Crippen molar-refractivity contribution in [1.82, 2.24) is 10.3 Å². The van der Waals surface area contributed by atoms with Crippen LogP contribution in [0, 0.1) is 0 Å². The number of nitrogen functional groups attached to an aromatic ring is 1. The van der Waals surface area contributed by atoms with Gasteiger partial charge in [0.15, 0.2) is 0 Å². The maximum Gasteiger partial charge on any atom is 0.407 e. The van der Waals surface area contributed by atoms with Gasteiger partial charge in [0.05, 0.1) is 5.69 Å². The third kappa shape index (κ3) is 5.76. The Labute approximate surface area is 111 Å². The summed E-state index contributed by atoms with van der Waals surface area (Å²) in [6, 6.07) is 1.56. The molecule has 0 unspecified atom stereocenters. The zero-order valence-electron chi connectivity index (χ0n) is 11.3. The van der Waals surface area contributed by atoms with Crippen LogP contribution in [-0.2, 0) is 4.74 Å². The number of pyridine rings is 1. The van der Waals surface area contributed by atoms with Crippen molar-refractivity contribution in [3.63, 3.8) is 0 Å². The van der Waals surface area contributed by atoms with E-state index < -0.39 is 11.7 Å². The predicted molar refractivity (Wildman–Crippen MR) is 74.7 cm³/mol. The molecule has 1 rings (SSSR count). The number of rotatable bonds is 3. The molecule has 6 nitrogen and oxygen atoms in total. The summed E-state index contributed by atoms with van der Waals surface area (Å²) in [6.45, 7) is 5.72. The zero-order chi connectivity index (χ0) is 14.5. The van der Waals surface area contributed by atoms with Crippen LogP contribution in [0.4, 0.5) is 10.5 Å². The molecule has 0 saturated carbocycles. The van der Waals surface area contributed by atoms with Crippen molar-refractivity contribution in [3.8, 4) is 0 Å². The summed E-state index contributed by atoms with van der Waals surface area (Å²) in [6.07, 6.45) is 4.54. The molecule has 0 radical (unpaired) electrons. The van der Waals surface area contributed by atoms with Gasteiger partial charge in [0.25, 0.3) is 5.56 Å². The molecule has 6 heteroatoms. The average Bonchev–Trinajstić information content (AvgIpc) is 2.27. The van der Waals surface area contributed by atoms with Crippen molar-refractivity contribution < 1.29 is 9.53 Å². The summed E-state index contributed by atoms with van der Waals surface area (Å²) in [5.41, 5.74) is 5.55. The first kappa shape index (κ1) is 14.8. The number of alkyl carbamates (subject to hydrolysis) is 1. The Hall–Kier alpha value is -2.24. The highest BCUT2D eigenvalue weighted by Gasteiger charge is 2.14. The first-order valence-corrected chi connectivity index (χ1v) is 5.89. The van der Waals surface area contributed by atoms with Gasteiger partial charge in [-0.25, -0.2) is 4.79 Å². The number of nitrogens with one attached hydrogen (secondary N) is 2. The highest BCUT2D eigenvalue weighted by atomic mass is 16.6. The number of ether oxygens (including phenoxy) is 1. The molecule has 0 aromatic carbocycles. The number of hydrogen-bond donors (Lipinski definition) is 3. The highest BCUT2D eigenvalue weighted by molar-refractivity contribution is 5.68. The first-order valence-electron chi connectivity index (χ1n) is 5.89. The summed E-state index contributed by atoms with van der Waals surface area (Å²) >= 11 is 0. The van der Waals surface area contributed by atoms with Gasteiger partial charge in [-0.05, 0) is 32.4 Å². The van der Waals surface area contributed by atoms with Crippen molar-refractivity contribution in [3.05, 3.63) is 34.3 Å². The van der Waals surface area contributed by atoms with Gasteiger partial charge in [-0.15, -0.1) is 0 Å². The molecule has 104 valence electrons. The fourth-order valence-corrected chi connectivity index (χ4v) is 1.27. The molecule has 0 aliphatic carbocycles. The zero-order valence-corrected chi connectivity index (χ0v) is 11.3. The Morgan fingerprint density at radius 1 is 1.53 bits per heavy atom. The van der Waals surface area contributed by atoms with E-state index in [0.29, 0.717) is 6.54 Å². The van der Waals surface area contributed by atoms with E-state index in [1.54, 1.807) is 45.2 Å². The molecule has 0 fully saturated rings. The molecule has 1 aromatic rings. The minimum atomic E-state index is -0.513. The third-order valence-corrected chi connectivity index (χ3v) is 2.03. The van der Waals surface area contributed by atoms with Crippen molar-refractivity contribution in [2.75, 3.05) is 12.3 Å². The SMILES string of the molecule is CC(C)(C)OC(=O)NCC=Cc1c[nH]c(=O)c(N)c1. The lowest BCUT2D eigenvalue weighted by atomic mass is 10.2. The lowest BCUT2D eigenvalue weighted by molar-refractivity contribution is 0.0534. The maximum absolute atomic E-state index is 11.3. The number of amides is 1. The molecular formula is C13H19N3O3. The second kappa shape index (κ2) is 6.08. The van der Waals surface area contributed by atoms with Gasteiger partial charge in [0.2, 0.25) is 0 Å². The van der Waals surface area contributed by atoms with Crippen LogP contribution >= 0.6 is 0 Å². The fourth-order valence-electron chi connectivity index (χ4n) is 1.27. The van der Waals surface area contributed by atoms with Crippen LogP contribution in [0.15, 0.2) is 23.1 Å². The Morgan fingerprint density at radius 3 is 2.79 bits per heavy atom. The van der Waals surface area contributed by atoms with E-state index in [4.69, 9.17) is 10.5 Å². The maximum atomic E-state index is 11.3. The number of carbonyl (C=O) groups is 1. The number of carbonyl (C=O) groups excluding carboxylic acids is 1. The summed E-state index contributed by atoms with van der Waals surface area (Å²) in [5.74, 6) is 0. The molecule has 4 N–H and O–H groups in total. The highest BCUT2D eigenvalue weighted by Crippen LogP contribution is 2.06. The molecule has 0 aliphatic rings. The van der Waals surface area contributed by atoms with Crippen LogP contribution < -0.4 is 16.6 Å². The second-order valence-corrected chi connectivity index (χ2v) is 5.00. The standard InChI is InChI=1S/C13H19N3O3/c1-13(2,3)19-12(18)15-6-4-5-9-7-10(14)11(17)16-8-9/h4-5,7-8H,6,14H2,1-3H3,(H,15,18)(H,16,17). The fraction of sp³-hybridized carbons (Fsp3) is 0.385. The van der Waals surface area contributed by atoms with Crippen molar-refractivity contribution >= 4 is 17.9 Å². The minimum absolute atomic E-state index is 0.155. The van der Waals surface area contributed by atoms with E-state index in [-0.39, 0.29) is 11.2 Å². The summed E-state index contributed by atoms with van der Waals surface area (Å²) < 4.78 is 5.07. The van der Waals surface area contributed by atoms with Gasteiger partial charge < -0.3 is 20.8 Å². The molecule has 0 atom stereocenters. The van der Waals surface area contributed by atoms with Crippen molar-refractivity contribution in [2.45, 2.75) is 26.4 Å². The Balaban J connectivity index is 2.44. The van der Waals surface area contributed by atoms with Crippen molar-refractivity contribution in [2.24, 2.45) is 0 Å². The number of nitrogens with two attached hydrogens (primary N) is 1. The van der Waals surface area contributed by atoms with Crippen molar-refractivity contribution in [1.29, 1.82) is 0 Å². The molecule has 1 heterocycles. The number of H-pyrrole nitrogens is 1. The Kier molecular flexibility index (Phi) is 4.74. The van der Waals surface area contributed by atoms with E-state index in [1.165, 1.54) is 0 Å². The van der Waals surface area contributed by atoms with Crippen LogP contribution in [0.3, 0.4) is 0 Å². The summed E-state index contributed by atoms with van der Waals surface area (Å²) in [4.78, 5) is 24.9. The normalized spacial score (nSPS) is 11.5. The third-order valence-electron chi connectivity index (χ3n) is 2.03. The van der Waals surface area contributed by atoms with Gasteiger partial charge in [0.1, 0.15) is 5.60 Å². The minimum Gasteiger partial charge on any atom is -0.444 e. The second-order valence-electron chi connectivity index (χ2n) is 5.00. The van der Waals surface area contributed by atoms with Crippen LogP contribution in [0.2, 0.25) is 0 Å². The molecule has 0 aliphatic heterocycles. The largest absolute Gasteiger partial charge is 0.444 e. The number of anilines is 1. The smallest absolute Gasteiger partial charge is 0.407 e. The lowest BCUT2D eigenvalue weighted by Crippen LogP contribution is -2.32. The lowest BCUT2D eigenvalue weighted by Gasteiger charge is -2.19. The van der Waals surface area contributed by atoms with Gasteiger partial charge in [-0.2, -0.15) is 0 Å². The van der Waals surface area contributed by atoms with Crippen LogP contribution in [0.5, 0.6) is 0 Å². The molecular weight excluding hydrogens is 246 g/mol. The number of aromatic nitrogens is 1. The molecule has 1 amide bonds. The van der Waals surface area contributed by atoms with E-state index in [1.807, 2.05) is 0 Å². The van der Waals surface area contributed by atoms with Gasteiger partial charge >= 0.3 is 6.09 Å². The topological polar surface area (TPSA) is 97.2 Å². The van der Waals surface area contributed by atoms with E-state index in [0.717, 1.165) is 5.56 Å². The molecule has 0 spiro atoms. The molecule has 1 aromatic heterocycles. The summed E-state index contributed by atoms with van der Waals surface area (Å²) in [5, 5.41) is 2.58. The first-order chi connectivity index (χ1) is 8.78. The molecule has 19 heavy (non-hydrogen) atoms. The van der Waals surface area contributed by atoms with Crippen LogP contribution in [-0.4, -0.2) is 23.2 Å². The molecule has 0 saturated heterocycles. The number of aromatic amines is 1. The van der Waals surface area contributed by atoms with Crippen LogP contribution in [0.1, 0.15) is 26.3 Å².